The number of nitrogens with zero attached hydrogens (tertiary/aromatic N) is 2. The molecule has 0 saturated carbocycles. The van der Waals surface area contributed by atoms with E-state index in [9.17, 15) is 9.59 Å². The summed E-state index contributed by atoms with van der Waals surface area (Å²) in [4.78, 5) is 27.1. The first-order valence-electron chi connectivity index (χ1n) is 10.7. The minimum absolute atomic E-state index is 0.0168. The molecule has 7 nitrogen and oxygen atoms in total. The minimum Gasteiger partial charge on any atom is -0.497 e. The summed E-state index contributed by atoms with van der Waals surface area (Å²) in [5, 5.41) is 2.92. The van der Waals surface area contributed by atoms with Crippen molar-refractivity contribution < 1.29 is 19.1 Å². The number of piperidine rings is 1. The van der Waals surface area contributed by atoms with E-state index in [1.54, 1.807) is 7.11 Å². The summed E-state index contributed by atoms with van der Waals surface area (Å²) < 4.78 is 12.8. The second-order valence-corrected chi connectivity index (χ2v) is 9.03. The van der Waals surface area contributed by atoms with Gasteiger partial charge in [-0.25, -0.2) is 4.79 Å². The maximum Gasteiger partial charge on any atom is 0.407 e. The molecule has 7 heteroatoms. The monoisotopic (exact) mass is 427 g/mol. The predicted octanol–water partition coefficient (Wildman–Crippen LogP) is 4.23. The van der Waals surface area contributed by atoms with Crippen molar-refractivity contribution in [3.63, 3.8) is 0 Å². The smallest absolute Gasteiger partial charge is 0.407 e. The quantitative estimate of drug-likeness (QED) is 0.792. The maximum absolute atomic E-state index is 13.2. The van der Waals surface area contributed by atoms with Crippen molar-refractivity contribution in [2.45, 2.75) is 59.1 Å². The van der Waals surface area contributed by atoms with Gasteiger partial charge in [0, 0.05) is 42.3 Å². The van der Waals surface area contributed by atoms with E-state index in [0.29, 0.717) is 31.5 Å². The molecule has 1 aromatic heterocycles. The fourth-order valence-electron chi connectivity index (χ4n) is 4.00. The summed E-state index contributed by atoms with van der Waals surface area (Å²) in [6.45, 7) is 10.7. The lowest BCUT2D eigenvalue weighted by Gasteiger charge is -2.33. The van der Waals surface area contributed by atoms with Crippen LogP contribution in [0.25, 0.3) is 5.69 Å². The number of aromatic nitrogens is 1. The first-order chi connectivity index (χ1) is 14.6. The number of hydrogen-bond acceptors (Lipinski definition) is 4. The zero-order valence-corrected chi connectivity index (χ0v) is 19.3. The Morgan fingerprint density at radius 3 is 2.39 bits per heavy atom. The highest BCUT2D eigenvalue weighted by Gasteiger charge is 2.28. The van der Waals surface area contributed by atoms with Gasteiger partial charge in [-0.05, 0) is 65.7 Å². The van der Waals surface area contributed by atoms with Crippen LogP contribution in [0.4, 0.5) is 4.79 Å². The molecule has 0 unspecified atom stereocenters. The van der Waals surface area contributed by atoms with Crippen molar-refractivity contribution in [2.24, 2.45) is 0 Å². The summed E-state index contributed by atoms with van der Waals surface area (Å²) in [7, 11) is 1.64. The van der Waals surface area contributed by atoms with Gasteiger partial charge in [-0.15, -0.1) is 0 Å². The average Bonchev–Trinajstić information content (AvgIpc) is 3.00. The van der Waals surface area contributed by atoms with Crippen LogP contribution in [-0.4, -0.2) is 53.3 Å². The van der Waals surface area contributed by atoms with Gasteiger partial charge < -0.3 is 24.3 Å². The number of ether oxygens (including phenoxy) is 2. The van der Waals surface area contributed by atoms with Crippen LogP contribution in [0.5, 0.6) is 5.75 Å². The van der Waals surface area contributed by atoms with Crippen LogP contribution in [0.15, 0.2) is 30.3 Å². The molecule has 3 rings (SSSR count). The van der Waals surface area contributed by atoms with E-state index in [1.165, 1.54) is 0 Å². The average molecular weight is 428 g/mol. The zero-order chi connectivity index (χ0) is 22.8. The van der Waals surface area contributed by atoms with Crippen molar-refractivity contribution in [1.29, 1.82) is 0 Å². The number of amides is 2. The topological polar surface area (TPSA) is 72.8 Å². The van der Waals surface area contributed by atoms with Crippen molar-refractivity contribution in [3.05, 3.63) is 47.3 Å². The highest BCUT2D eigenvalue weighted by atomic mass is 16.6. The molecule has 0 spiro atoms. The molecule has 1 aliphatic rings. The van der Waals surface area contributed by atoms with Gasteiger partial charge in [0.05, 0.1) is 12.7 Å². The third-order valence-corrected chi connectivity index (χ3v) is 5.48. The van der Waals surface area contributed by atoms with Gasteiger partial charge in [0.25, 0.3) is 5.91 Å². The van der Waals surface area contributed by atoms with Gasteiger partial charge in [-0.3, -0.25) is 4.79 Å². The number of hydrogen-bond donors (Lipinski definition) is 1. The number of nitrogens with one attached hydrogen (secondary N) is 1. The van der Waals surface area contributed by atoms with Gasteiger partial charge >= 0.3 is 6.09 Å². The molecule has 168 valence electrons. The van der Waals surface area contributed by atoms with Gasteiger partial charge in [-0.1, -0.05) is 6.07 Å². The Kier molecular flexibility index (Phi) is 6.62. The van der Waals surface area contributed by atoms with E-state index >= 15 is 0 Å². The Labute approximate surface area is 184 Å². The van der Waals surface area contributed by atoms with Crippen LogP contribution in [-0.2, 0) is 4.74 Å². The molecular formula is C24H33N3O4. The predicted molar refractivity (Wildman–Crippen MR) is 120 cm³/mol. The molecule has 1 saturated heterocycles. The lowest BCUT2D eigenvalue weighted by atomic mass is 10.0. The highest BCUT2D eigenvalue weighted by molar-refractivity contribution is 5.96. The molecule has 1 aliphatic heterocycles. The van der Waals surface area contributed by atoms with Crippen molar-refractivity contribution in [1.82, 2.24) is 14.8 Å². The van der Waals surface area contributed by atoms with E-state index in [1.807, 2.05) is 69.9 Å². The number of alkyl carbamates (subject to hydrolysis) is 1. The lowest BCUT2D eigenvalue weighted by Crippen LogP contribution is -2.47. The van der Waals surface area contributed by atoms with Crippen LogP contribution >= 0.6 is 0 Å². The van der Waals surface area contributed by atoms with Gasteiger partial charge in [-0.2, -0.15) is 0 Å². The molecule has 0 aliphatic carbocycles. The first kappa shape index (κ1) is 22.7. The second kappa shape index (κ2) is 9.04. The maximum atomic E-state index is 13.2. The van der Waals surface area contributed by atoms with E-state index in [2.05, 4.69) is 9.88 Å². The van der Waals surface area contributed by atoms with Crippen LogP contribution in [0.1, 0.15) is 55.4 Å². The van der Waals surface area contributed by atoms with Crippen molar-refractivity contribution in [2.75, 3.05) is 20.2 Å². The summed E-state index contributed by atoms with van der Waals surface area (Å²) in [5.41, 5.74) is 3.05. The number of carbonyl (C=O) groups excluding carboxylic acids is 2. The van der Waals surface area contributed by atoms with Crippen molar-refractivity contribution >= 4 is 12.0 Å². The Bertz CT molecular complexity index is 950. The van der Waals surface area contributed by atoms with Crippen LogP contribution in [0, 0.1) is 13.8 Å². The lowest BCUT2D eigenvalue weighted by molar-refractivity contribution is 0.0473. The Morgan fingerprint density at radius 1 is 1.10 bits per heavy atom. The third-order valence-electron chi connectivity index (χ3n) is 5.48. The number of aryl methyl sites for hydroxylation is 1. The molecule has 2 aromatic rings. The number of rotatable bonds is 4. The third kappa shape index (κ3) is 5.40. The zero-order valence-electron chi connectivity index (χ0n) is 19.3. The van der Waals surface area contributed by atoms with E-state index in [0.717, 1.165) is 22.8 Å². The normalized spacial score (nSPS) is 15.0. The fraction of sp³-hybridized carbons (Fsp3) is 0.500. The van der Waals surface area contributed by atoms with Crippen LogP contribution in [0.3, 0.4) is 0 Å². The summed E-state index contributed by atoms with van der Waals surface area (Å²) in [6.07, 6.45) is 1.01. The number of likely N-dealkylation sites (tertiary alicyclic amines) is 1. The molecule has 1 aromatic carbocycles. The molecule has 1 fully saturated rings. The Morgan fingerprint density at radius 2 is 1.77 bits per heavy atom. The molecule has 0 atom stereocenters. The molecule has 0 bridgehead atoms. The SMILES string of the molecule is COc1cccc(-n2c(C)cc(C(=O)N3CCC(NC(=O)OC(C)(C)C)CC3)c2C)c1. The first-order valence-corrected chi connectivity index (χ1v) is 10.7. The molecular weight excluding hydrogens is 394 g/mol. The van der Waals surface area contributed by atoms with Crippen molar-refractivity contribution in [3.8, 4) is 11.4 Å². The minimum atomic E-state index is -0.522. The van der Waals surface area contributed by atoms with E-state index in [4.69, 9.17) is 9.47 Å². The van der Waals surface area contributed by atoms with Crippen LogP contribution < -0.4 is 10.1 Å². The molecule has 2 heterocycles. The summed E-state index contributed by atoms with van der Waals surface area (Å²) in [5.74, 6) is 0.801. The Balaban J connectivity index is 1.67. The molecule has 2 amide bonds. The molecule has 31 heavy (non-hydrogen) atoms. The number of benzene rings is 1. The summed E-state index contributed by atoms with van der Waals surface area (Å²) >= 11 is 0. The van der Waals surface area contributed by atoms with Gasteiger partial charge in [0.2, 0.25) is 0 Å². The standard InChI is InChI=1S/C24H33N3O4/c1-16-14-21(17(2)27(16)19-8-7-9-20(15-19)30-6)22(28)26-12-10-18(11-13-26)25-23(29)31-24(3,4)5/h7-9,14-15,18H,10-13H2,1-6H3,(H,25,29). The van der Waals surface area contributed by atoms with E-state index in [-0.39, 0.29) is 11.9 Å². The number of methoxy groups -OCH3 is 1. The largest absolute Gasteiger partial charge is 0.497 e. The van der Waals surface area contributed by atoms with Gasteiger partial charge in [0.1, 0.15) is 11.4 Å². The van der Waals surface area contributed by atoms with Gasteiger partial charge in [0.15, 0.2) is 0 Å². The second-order valence-electron chi connectivity index (χ2n) is 9.03. The van der Waals surface area contributed by atoms with Crippen LogP contribution in [0.2, 0.25) is 0 Å². The molecule has 0 radical (unpaired) electrons. The fourth-order valence-corrected chi connectivity index (χ4v) is 4.00. The number of carbonyl (C=O) groups is 2. The summed E-state index contributed by atoms with van der Waals surface area (Å²) in [6, 6.07) is 9.77. The molecule has 1 N–H and O–H groups in total. The highest BCUT2D eigenvalue weighted by Crippen LogP contribution is 2.25. The Hall–Kier alpha value is -2.96. The van der Waals surface area contributed by atoms with E-state index < -0.39 is 11.7 Å².